The molecule has 2 aromatic rings. The average molecular weight is 755 g/mol. The molecular formula is C34H42O19. The van der Waals surface area contributed by atoms with Crippen LogP contribution in [0.3, 0.4) is 0 Å². The van der Waals surface area contributed by atoms with Crippen molar-refractivity contribution in [3.05, 3.63) is 41.5 Å². The fourth-order valence-corrected chi connectivity index (χ4v) is 6.19. The Bertz CT molecular complexity index is 1660. The average Bonchev–Trinajstić information content (AvgIpc) is 3.07. The highest BCUT2D eigenvalue weighted by Crippen LogP contribution is 2.44. The summed E-state index contributed by atoms with van der Waals surface area (Å²) in [5.41, 5.74) is -1.68. The lowest BCUT2D eigenvalue weighted by atomic mass is 9.95. The Morgan fingerprint density at radius 2 is 1.62 bits per heavy atom. The largest absolute Gasteiger partial charge is 0.507 e. The number of phenols is 2. The number of ether oxygens (including phenoxy) is 7. The Hall–Kier alpha value is -4.31. The first-order valence-corrected chi connectivity index (χ1v) is 16.5. The monoisotopic (exact) mass is 754 g/mol. The third kappa shape index (κ3) is 8.91. The zero-order valence-electron chi connectivity index (χ0n) is 28.7. The molecule has 0 amide bonds. The van der Waals surface area contributed by atoms with Gasteiger partial charge >= 0.3 is 11.9 Å². The number of fused-ring (bicyclic) bond motifs is 1. The number of ketones is 1. The number of methoxy groups -OCH3 is 1. The number of esters is 1. The van der Waals surface area contributed by atoms with Crippen LogP contribution >= 0.6 is 0 Å². The van der Waals surface area contributed by atoms with Gasteiger partial charge in [-0.1, -0.05) is 6.07 Å². The van der Waals surface area contributed by atoms with Crippen molar-refractivity contribution >= 4 is 17.7 Å². The first-order valence-electron chi connectivity index (χ1n) is 16.5. The number of rotatable bonds is 12. The smallest absolute Gasteiger partial charge is 0.308 e. The summed E-state index contributed by atoms with van der Waals surface area (Å²) in [5, 5.41) is 93.3. The van der Waals surface area contributed by atoms with Crippen LogP contribution in [0.25, 0.3) is 0 Å². The van der Waals surface area contributed by atoms with Gasteiger partial charge in [0.15, 0.2) is 29.7 Å². The second kappa shape index (κ2) is 16.0. The molecule has 9 N–H and O–H groups in total. The van der Waals surface area contributed by atoms with Crippen molar-refractivity contribution < 1.29 is 93.5 Å². The third-order valence-electron chi connectivity index (χ3n) is 9.01. The summed E-state index contributed by atoms with van der Waals surface area (Å²) in [6, 6.07) is 6.61. The van der Waals surface area contributed by atoms with Gasteiger partial charge in [-0.25, -0.2) is 0 Å². The number of aliphatic carboxylic acids is 1. The van der Waals surface area contributed by atoms with Gasteiger partial charge in [-0.15, -0.1) is 0 Å². The number of aliphatic hydroxyl groups is 6. The van der Waals surface area contributed by atoms with E-state index in [2.05, 4.69) is 0 Å². The topological polar surface area (TPSA) is 298 Å². The van der Waals surface area contributed by atoms with Crippen molar-refractivity contribution in [3.63, 3.8) is 0 Å². The number of carboxylic acid groups (broad SMARTS) is 1. The molecule has 2 fully saturated rings. The molecule has 19 nitrogen and oxygen atoms in total. The fourth-order valence-electron chi connectivity index (χ4n) is 6.19. The van der Waals surface area contributed by atoms with E-state index in [4.69, 9.17) is 38.3 Å². The molecule has 12 atom stereocenters. The van der Waals surface area contributed by atoms with Crippen LogP contribution in [0.1, 0.15) is 55.1 Å². The molecule has 0 spiro atoms. The van der Waals surface area contributed by atoms with Crippen LogP contribution in [0.2, 0.25) is 0 Å². The van der Waals surface area contributed by atoms with Crippen LogP contribution in [-0.2, 0) is 28.5 Å². The molecule has 292 valence electrons. The van der Waals surface area contributed by atoms with Crippen molar-refractivity contribution in [2.45, 2.75) is 106 Å². The summed E-state index contributed by atoms with van der Waals surface area (Å²) >= 11 is 0. The Balaban J connectivity index is 1.41. The van der Waals surface area contributed by atoms with E-state index in [1.54, 1.807) is 0 Å². The van der Waals surface area contributed by atoms with E-state index in [1.807, 2.05) is 0 Å². The minimum absolute atomic E-state index is 0.125. The Morgan fingerprint density at radius 3 is 2.30 bits per heavy atom. The Morgan fingerprint density at radius 1 is 0.906 bits per heavy atom. The second-order valence-electron chi connectivity index (χ2n) is 13.3. The lowest BCUT2D eigenvalue weighted by Gasteiger charge is -2.45. The van der Waals surface area contributed by atoms with E-state index < -0.39 is 116 Å². The minimum atomic E-state index is -1.97. The van der Waals surface area contributed by atoms with Gasteiger partial charge in [-0.3, -0.25) is 14.4 Å². The molecule has 0 aromatic heterocycles. The number of carbonyl (C=O) groups excluding carboxylic acids is 2. The van der Waals surface area contributed by atoms with Gasteiger partial charge in [0.2, 0.25) is 6.29 Å². The van der Waals surface area contributed by atoms with E-state index >= 15 is 0 Å². The molecule has 0 saturated carbocycles. The third-order valence-corrected chi connectivity index (χ3v) is 9.01. The molecule has 12 unspecified atom stereocenters. The Labute approximate surface area is 301 Å². The van der Waals surface area contributed by atoms with E-state index in [0.29, 0.717) is 5.56 Å². The molecule has 5 rings (SSSR count). The molecule has 3 aliphatic heterocycles. The highest BCUT2D eigenvalue weighted by Gasteiger charge is 2.51. The summed E-state index contributed by atoms with van der Waals surface area (Å²) in [6.07, 6.45) is -19.4. The first-order chi connectivity index (χ1) is 24.9. The first kappa shape index (κ1) is 39.9. The second-order valence-corrected chi connectivity index (χ2v) is 13.3. The van der Waals surface area contributed by atoms with Crippen molar-refractivity contribution in [1.29, 1.82) is 0 Å². The van der Waals surface area contributed by atoms with Crippen molar-refractivity contribution in [2.24, 2.45) is 0 Å². The number of hydrogen-bond acceptors (Lipinski definition) is 18. The van der Waals surface area contributed by atoms with E-state index in [-0.39, 0.29) is 35.0 Å². The van der Waals surface area contributed by atoms with Gasteiger partial charge in [0.05, 0.1) is 38.1 Å². The molecule has 2 aromatic carbocycles. The zero-order chi connectivity index (χ0) is 38.9. The number of carbonyl (C=O) groups is 3. The van der Waals surface area contributed by atoms with Crippen molar-refractivity contribution in [1.82, 2.24) is 0 Å². The molecule has 3 heterocycles. The number of aromatic hydroxyl groups is 2. The number of carboxylic acids is 1. The number of aliphatic hydroxyl groups excluding tert-OH is 5. The minimum Gasteiger partial charge on any atom is -0.507 e. The summed E-state index contributed by atoms with van der Waals surface area (Å²) in [6.45, 7) is 1.74. The molecule has 2 saturated heterocycles. The number of phenolic OH excluding ortho intramolecular Hbond substituents is 2. The van der Waals surface area contributed by atoms with Crippen molar-refractivity contribution in [3.8, 4) is 28.7 Å². The highest BCUT2D eigenvalue weighted by molar-refractivity contribution is 6.02. The maximum Gasteiger partial charge on any atom is 0.308 e. The van der Waals surface area contributed by atoms with E-state index in [0.717, 1.165) is 13.0 Å². The van der Waals surface area contributed by atoms with Crippen LogP contribution < -0.4 is 14.2 Å². The molecule has 19 heteroatoms. The maximum atomic E-state index is 13.2. The van der Waals surface area contributed by atoms with Gasteiger partial charge < -0.3 is 79.1 Å². The molecule has 0 bridgehead atoms. The predicted molar refractivity (Wildman–Crippen MR) is 172 cm³/mol. The summed E-state index contributed by atoms with van der Waals surface area (Å²) in [7, 11) is 1.34. The highest BCUT2D eigenvalue weighted by atomic mass is 16.8. The lowest BCUT2D eigenvalue weighted by molar-refractivity contribution is -0.354. The SMILES string of the molecule is COc1cc(C2CC(=O)c3c(O)cc(OC4OC(COC(=O)CC(C)(O)CC(=O)O)C(O)C(O)C4OC4OC(C)C(O)C(O)C4O)cc3O2)ccc1O. The number of benzene rings is 2. The summed E-state index contributed by atoms with van der Waals surface area (Å²) in [5.74, 6) is -3.87. The number of Topliss-reactive ketones (excluding diaryl/α,β-unsaturated/α-hetero) is 1. The molecule has 0 aliphatic carbocycles. The van der Waals surface area contributed by atoms with Crippen LogP contribution in [0.15, 0.2) is 30.3 Å². The van der Waals surface area contributed by atoms with Gasteiger partial charge in [-0.05, 0) is 31.5 Å². The fraction of sp³-hybridized carbons (Fsp3) is 0.559. The quantitative estimate of drug-likeness (QED) is 0.118. The van der Waals surface area contributed by atoms with Gasteiger partial charge in [-0.2, -0.15) is 0 Å². The summed E-state index contributed by atoms with van der Waals surface area (Å²) in [4.78, 5) is 36.6. The molecule has 3 aliphatic rings. The van der Waals surface area contributed by atoms with Crippen molar-refractivity contribution in [2.75, 3.05) is 13.7 Å². The summed E-state index contributed by atoms with van der Waals surface area (Å²) < 4.78 is 39.4. The van der Waals surface area contributed by atoms with Crippen LogP contribution in [0.4, 0.5) is 0 Å². The molecule has 0 radical (unpaired) electrons. The van der Waals surface area contributed by atoms with Gasteiger partial charge in [0, 0.05) is 12.1 Å². The standard InChI is InChI=1S/C34H42O19/c1-13-26(41)28(43)30(45)32(49-13)53-31-29(44)27(42)22(12-48-24(40)11-34(2,46)10-23(38)39)52-33(31)50-15-7-17(36)25-18(37)9-19(51-21(25)8-15)14-4-5-16(35)20(6-14)47-3/h4-8,13,19,22,26-33,35-36,41-46H,9-12H2,1-3H3,(H,38,39). The van der Waals surface area contributed by atoms with Crippen LogP contribution in [-0.4, -0.2) is 144 Å². The lowest BCUT2D eigenvalue weighted by Crippen LogP contribution is -2.64. The van der Waals surface area contributed by atoms with Crippen LogP contribution in [0, 0.1) is 0 Å². The van der Waals surface area contributed by atoms with E-state index in [9.17, 15) is 55.2 Å². The normalized spacial score (nSPS) is 32.5. The Kier molecular flexibility index (Phi) is 12.0. The van der Waals surface area contributed by atoms with E-state index in [1.165, 1.54) is 38.3 Å². The van der Waals surface area contributed by atoms with Gasteiger partial charge in [0.25, 0.3) is 0 Å². The number of hydrogen-bond donors (Lipinski definition) is 9. The van der Waals surface area contributed by atoms with Crippen LogP contribution in [0.5, 0.6) is 28.7 Å². The predicted octanol–water partition coefficient (Wildman–Crippen LogP) is -0.990. The molecule has 53 heavy (non-hydrogen) atoms. The zero-order valence-corrected chi connectivity index (χ0v) is 28.7. The maximum absolute atomic E-state index is 13.2. The molecular weight excluding hydrogens is 712 g/mol. The van der Waals surface area contributed by atoms with Gasteiger partial charge in [0.1, 0.15) is 72.1 Å².